The second-order valence-electron chi connectivity index (χ2n) is 6.00. The molecule has 6 heteroatoms. The summed E-state index contributed by atoms with van der Waals surface area (Å²) in [4.78, 5) is 18.6. The molecule has 3 rings (SSSR count). The van der Waals surface area contributed by atoms with Gasteiger partial charge in [-0.05, 0) is 49.7 Å². The maximum Gasteiger partial charge on any atom is 0.254 e. The molecule has 0 N–H and O–H groups in total. The molecule has 128 valence electrons. The first-order chi connectivity index (χ1) is 12.1. The van der Waals surface area contributed by atoms with Crippen LogP contribution in [0.5, 0.6) is 0 Å². The fourth-order valence-electron chi connectivity index (χ4n) is 2.58. The number of hydrogen-bond donors (Lipinski definition) is 0. The van der Waals surface area contributed by atoms with Crippen molar-refractivity contribution in [1.82, 2.24) is 19.7 Å². The van der Waals surface area contributed by atoms with E-state index in [0.717, 1.165) is 5.56 Å². The number of hydrogen-bond acceptors (Lipinski definition) is 3. The number of nitrogens with zero attached hydrogens (tertiary/aromatic N) is 4. The average molecular weight is 338 g/mol. The van der Waals surface area contributed by atoms with Gasteiger partial charge in [0.1, 0.15) is 11.5 Å². The third-order valence-electron chi connectivity index (χ3n) is 3.91. The van der Waals surface area contributed by atoms with Crippen LogP contribution < -0.4 is 0 Å². The number of carbonyl (C=O) groups is 1. The molecule has 2 aromatic heterocycles. The Labute approximate surface area is 145 Å². The van der Waals surface area contributed by atoms with Gasteiger partial charge in [-0.25, -0.2) is 9.07 Å². The predicted molar refractivity (Wildman–Crippen MR) is 92.8 cm³/mol. The van der Waals surface area contributed by atoms with Crippen LogP contribution in [0, 0.1) is 5.82 Å². The number of benzene rings is 1. The van der Waals surface area contributed by atoms with Crippen molar-refractivity contribution in [3.8, 4) is 5.69 Å². The van der Waals surface area contributed by atoms with Gasteiger partial charge in [-0.3, -0.25) is 9.78 Å². The summed E-state index contributed by atoms with van der Waals surface area (Å²) in [6.45, 7) is 4.29. The lowest BCUT2D eigenvalue weighted by atomic mass is 10.1. The summed E-state index contributed by atoms with van der Waals surface area (Å²) < 4.78 is 15.9. The Morgan fingerprint density at radius 3 is 2.68 bits per heavy atom. The van der Waals surface area contributed by atoms with Crippen molar-refractivity contribution in [2.75, 3.05) is 0 Å². The second-order valence-corrected chi connectivity index (χ2v) is 6.00. The first kappa shape index (κ1) is 16.8. The van der Waals surface area contributed by atoms with Gasteiger partial charge in [0.25, 0.3) is 5.91 Å². The van der Waals surface area contributed by atoms with Crippen molar-refractivity contribution in [2.45, 2.75) is 26.4 Å². The van der Waals surface area contributed by atoms with Crippen LogP contribution in [-0.4, -0.2) is 31.6 Å². The van der Waals surface area contributed by atoms with Crippen LogP contribution in [0.15, 0.2) is 61.2 Å². The zero-order valence-electron chi connectivity index (χ0n) is 14.1. The van der Waals surface area contributed by atoms with E-state index in [0.29, 0.717) is 17.8 Å². The van der Waals surface area contributed by atoms with E-state index in [4.69, 9.17) is 0 Å². The SMILES string of the molecule is CC(C)N(Cc1cccnc1)C(=O)c1ccc(-n2cccn2)c(F)c1. The molecule has 1 aromatic carbocycles. The molecule has 1 amide bonds. The van der Waals surface area contributed by atoms with Crippen LogP contribution >= 0.6 is 0 Å². The third-order valence-corrected chi connectivity index (χ3v) is 3.91. The Morgan fingerprint density at radius 1 is 1.24 bits per heavy atom. The predicted octanol–water partition coefficient (Wildman–Crippen LogP) is 3.46. The van der Waals surface area contributed by atoms with E-state index in [1.54, 1.807) is 47.9 Å². The minimum atomic E-state index is -0.486. The summed E-state index contributed by atoms with van der Waals surface area (Å²) >= 11 is 0. The van der Waals surface area contributed by atoms with Crippen LogP contribution in [0.2, 0.25) is 0 Å². The lowest BCUT2D eigenvalue weighted by Gasteiger charge is -2.27. The molecule has 2 heterocycles. The van der Waals surface area contributed by atoms with E-state index in [1.807, 2.05) is 26.0 Å². The number of pyridine rings is 1. The van der Waals surface area contributed by atoms with Crippen molar-refractivity contribution in [3.63, 3.8) is 0 Å². The second kappa shape index (κ2) is 7.25. The fourth-order valence-corrected chi connectivity index (χ4v) is 2.58. The number of amides is 1. The third kappa shape index (κ3) is 3.74. The lowest BCUT2D eigenvalue weighted by Crippen LogP contribution is -2.36. The van der Waals surface area contributed by atoms with E-state index in [9.17, 15) is 9.18 Å². The minimum Gasteiger partial charge on any atom is -0.332 e. The number of carbonyl (C=O) groups excluding carboxylic acids is 1. The van der Waals surface area contributed by atoms with Crippen LogP contribution in [0.25, 0.3) is 5.69 Å². The zero-order valence-corrected chi connectivity index (χ0v) is 14.1. The molecule has 3 aromatic rings. The van der Waals surface area contributed by atoms with Crippen LogP contribution in [0.3, 0.4) is 0 Å². The zero-order chi connectivity index (χ0) is 17.8. The molecule has 0 saturated heterocycles. The number of halogens is 1. The van der Waals surface area contributed by atoms with Gasteiger partial charge < -0.3 is 4.90 Å². The standard InChI is InChI=1S/C19H19FN4O/c1-14(2)23(13-15-5-3-8-21-12-15)19(25)16-6-7-18(17(20)11-16)24-10-4-9-22-24/h3-12,14H,13H2,1-2H3. The highest BCUT2D eigenvalue weighted by atomic mass is 19.1. The molecule has 0 aliphatic heterocycles. The van der Waals surface area contributed by atoms with Gasteiger partial charge in [0, 0.05) is 42.9 Å². The van der Waals surface area contributed by atoms with Crippen LogP contribution in [0.4, 0.5) is 4.39 Å². The molecule has 0 radical (unpaired) electrons. The highest BCUT2D eigenvalue weighted by Gasteiger charge is 2.20. The summed E-state index contributed by atoms with van der Waals surface area (Å²) in [6, 6.07) is 9.89. The van der Waals surface area contributed by atoms with Crippen molar-refractivity contribution >= 4 is 5.91 Å². The number of rotatable bonds is 5. The summed E-state index contributed by atoms with van der Waals surface area (Å²) in [7, 11) is 0. The van der Waals surface area contributed by atoms with Crippen molar-refractivity contribution in [1.29, 1.82) is 0 Å². The Hall–Kier alpha value is -3.02. The summed E-state index contributed by atoms with van der Waals surface area (Å²) in [6.07, 6.45) is 6.65. The van der Waals surface area contributed by atoms with Gasteiger partial charge in [-0.1, -0.05) is 6.07 Å². The van der Waals surface area contributed by atoms with E-state index >= 15 is 0 Å². The molecule has 0 atom stereocenters. The van der Waals surface area contributed by atoms with Crippen LogP contribution in [-0.2, 0) is 6.54 Å². The molecule has 0 bridgehead atoms. The van der Waals surface area contributed by atoms with Crippen molar-refractivity contribution in [2.24, 2.45) is 0 Å². The summed E-state index contributed by atoms with van der Waals surface area (Å²) in [5, 5.41) is 4.02. The van der Waals surface area contributed by atoms with Gasteiger partial charge in [-0.2, -0.15) is 5.10 Å². The van der Waals surface area contributed by atoms with E-state index in [-0.39, 0.29) is 11.9 Å². The molecular formula is C19H19FN4O. The highest BCUT2D eigenvalue weighted by Crippen LogP contribution is 2.18. The van der Waals surface area contributed by atoms with E-state index in [2.05, 4.69) is 10.1 Å². The summed E-state index contributed by atoms with van der Waals surface area (Å²) in [5.41, 5.74) is 1.55. The molecular weight excluding hydrogens is 319 g/mol. The molecule has 0 aliphatic rings. The molecule has 0 spiro atoms. The van der Waals surface area contributed by atoms with Crippen molar-refractivity contribution < 1.29 is 9.18 Å². The quantitative estimate of drug-likeness (QED) is 0.716. The Kier molecular flexibility index (Phi) is 4.88. The first-order valence-electron chi connectivity index (χ1n) is 8.05. The molecule has 25 heavy (non-hydrogen) atoms. The Balaban J connectivity index is 1.86. The van der Waals surface area contributed by atoms with Gasteiger partial charge in [0.2, 0.25) is 0 Å². The molecule has 5 nitrogen and oxygen atoms in total. The normalized spacial score (nSPS) is 10.9. The molecule has 0 fully saturated rings. The first-order valence-corrected chi connectivity index (χ1v) is 8.05. The van der Waals surface area contributed by atoms with Crippen molar-refractivity contribution in [3.05, 3.63) is 78.1 Å². The monoisotopic (exact) mass is 338 g/mol. The van der Waals surface area contributed by atoms with E-state index in [1.165, 1.54) is 10.7 Å². The Bertz CT molecular complexity index is 847. The van der Waals surface area contributed by atoms with Gasteiger partial charge in [0.15, 0.2) is 0 Å². The lowest BCUT2D eigenvalue weighted by molar-refractivity contribution is 0.0689. The topological polar surface area (TPSA) is 51.0 Å². The molecule has 0 saturated carbocycles. The number of aromatic nitrogens is 3. The largest absolute Gasteiger partial charge is 0.332 e. The average Bonchev–Trinajstić information content (AvgIpc) is 3.14. The molecule has 0 aliphatic carbocycles. The van der Waals surface area contributed by atoms with Gasteiger partial charge in [0.05, 0.1) is 0 Å². The van der Waals surface area contributed by atoms with Gasteiger partial charge in [-0.15, -0.1) is 0 Å². The summed E-state index contributed by atoms with van der Waals surface area (Å²) in [5.74, 6) is -0.704. The molecule has 0 unspecified atom stereocenters. The van der Waals surface area contributed by atoms with Crippen LogP contribution in [0.1, 0.15) is 29.8 Å². The highest BCUT2D eigenvalue weighted by molar-refractivity contribution is 5.94. The minimum absolute atomic E-state index is 0.0263. The maximum atomic E-state index is 14.4. The maximum absolute atomic E-state index is 14.4. The fraction of sp³-hybridized carbons (Fsp3) is 0.211. The smallest absolute Gasteiger partial charge is 0.254 e. The van der Waals surface area contributed by atoms with E-state index < -0.39 is 5.82 Å². The Morgan fingerprint density at radius 2 is 2.08 bits per heavy atom. The van der Waals surface area contributed by atoms with Gasteiger partial charge >= 0.3 is 0 Å².